The zero-order chi connectivity index (χ0) is 50.6. The molecule has 0 amide bonds. The second kappa shape index (κ2) is 15.7. The molecule has 9 rings (SSSR count). The molecule has 2 aromatic heterocycles. The molecule has 0 unspecified atom stereocenters. The number of hydrogen-bond donors (Lipinski definition) is 0. The van der Waals surface area contributed by atoms with Crippen LogP contribution >= 0.6 is 0 Å². The highest BCUT2D eigenvalue weighted by Gasteiger charge is 2.40. The van der Waals surface area contributed by atoms with Crippen LogP contribution in [0.3, 0.4) is 0 Å². The molecule has 0 fully saturated rings. The summed E-state index contributed by atoms with van der Waals surface area (Å²) in [6.07, 6.45) is 0.170. The van der Waals surface area contributed by atoms with E-state index in [9.17, 15) is 2.74 Å². The van der Waals surface area contributed by atoms with Crippen molar-refractivity contribution in [3.8, 4) is 28.4 Å². The van der Waals surface area contributed by atoms with Crippen LogP contribution in [0, 0.1) is 5.92 Å². The lowest BCUT2D eigenvalue weighted by Gasteiger charge is -2.24. The zero-order valence-corrected chi connectivity index (χ0v) is 38.2. The predicted octanol–water partition coefficient (Wildman–Crippen LogP) is 15.6. The van der Waals surface area contributed by atoms with Gasteiger partial charge < -0.3 is 4.74 Å². The number of rotatable bonds is 8. The monoisotopic (exact) mass is 836 g/mol. The molecule has 0 N–H and O–H groups in total. The van der Waals surface area contributed by atoms with Gasteiger partial charge in [0.2, 0.25) is 11.4 Å². The predicted molar refractivity (Wildman–Crippen MR) is 266 cm³/mol. The van der Waals surface area contributed by atoms with Crippen LogP contribution in [0.1, 0.15) is 108 Å². The summed E-state index contributed by atoms with van der Waals surface area (Å²) < 4.78 is 74.0. The van der Waals surface area contributed by atoms with E-state index in [2.05, 4.69) is 97.2 Å². The summed E-state index contributed by atoms with van der Waals surface area (Å²) in [6.45, 7) is 23.6. The molecule has 8 aromatic rings. The van der Waals surface area contributed by atoms with Gasteiger partial charge in [0.05, 0.1) is 24.0 Å². The second-order valence-electron chi connectivity index (χ2n) is 20.0. The molecular weight excluding hydrogens is 769 g/mol. The first-order valence-corrected chi connectivity index (χ1v) is 21.8. The Morgan fingerprint density at radius 1 is 0.635 bits per heavy atom. The maximum Gasteiger partial charge on any atom is 0.503 e. The van der Waals surface area contributed by atoms with Crippen LogP contribution in [-0.2, 0) is 22.6 Å². The van der Waals surface area contributed by atoms with Crippen molar-refractivity contribution in [1.82, 2.24) is 18.7 Å². The number of fused-ring (bicyclic) bond motifs is 4. The van der Waals surface area contributed by atoms with Crippen molar-refractivity contribution in [2.24, 2.45) is 5.92 Å². The lowest BCUT2D eigenvalue weighted by Crippen LogP contribution is -2.17. The molecule has 1 aliphatic rings. The van der Waals surface area contributed by atoms with Crippen LogP contribution < -0.4 is 13.9 Å². The van der Waals surface area contributed by atoms with Crippen molar-refractivity contribution < 1.29 is 14.3 Å². The third kappa shape index (κ3) is 8.15. The summed E-state index contributed by atoms with van der Waals surface area (Å²) in [5.41, 5.74) is 9.15. The summed E-state index contributed by atoms with van der Waals surface area (Å²) >= 11 is 0. The fourth-order valence-corrected chi connectivity index (χ4v) is 8.26. The minimum absolute atomic E-state index is 0.141. The smallest absolute Gasteiger partial charge is 0.457 e. The number of para-hydroxylation sites is 1. The van der Waals surface area contributed by atoms with Gasteiger partial charge in [0.25, 0.3) is 5.69 Å². The Morgan fingerprint density at radius 2 is 1.33 bits per heavy atom. The molecule has 5 heteroatoms. The van der Waals surface area contributed by atoms with Crippen LogP contribution in [0.15, 0.2) is 146 Å². The van der Waals surface area contributed by atoms with Gasteiger partial charge in [-0.3, -0.25) is 4.57 Å². The van der Waals surface area contributed by atoms with E-state index in [1.54, 1.807) is 6.07 Å². The van der Waals surface area contributed by atoms with E-state index >= 15 is 0 Å². The Bertz CT molecular complexity index is 3460. The van der Waals surface area contributed by atoms with Crippen LogP contribution in [0.2, 0.25) is 0 Å². The average molecular weight is 836 g/mol. The highest BCUT2D eigenvalue weighted by Crippen LogP contribution is 2.43. The number of benzene rings is 6. The Labute approximate surface area is 383 Å². The standard InChI is InChI=1S/C58H60N4O/c1-38(2)29-41-19-15-22-52-55(41)61(46-32-43(57(6,7)8)31-44(33-46)58(9,10)11)37-60(52)45-20-16-21-47(35-45)63-48-24-25-49-50-30-40(39-17-13-12-14-18-39)23-26-51(50)62(53(49)36-48)54-34-42(27-28-59-54)56(3,4)5/h12-28,30-36,38H,29H2,1-11H3/q+2/i12D,13D,14D,17D,18D,29D2. The number of nitrogens with zero attached hydrogens (tertiary/aromatic N) is 4. The molecule has 0 aliphatic carbocycles. The zero-order valence-electron chi connectivity index (χ0n) is 45.2. The van der Waals surface area contributed by atoms with Crippen LogP contribution in [0.4, 0.5) is 22.7 Å². The lowest BCUT2D eigenvalue weighted by molar-refractivity contribution is 0.483. The van der Waals surface area contributed by atoms with Crippen molar-refractivity contribution in [1.29, 1.82) is 0 Å². The summed E-state index contributed by atoms with van der Waals surface area (Å²) in [5, 5.41) is 1.69. The third-order valence-electron chi connectivity index (χ3n) is 11.7. The van der Waals surface area contributed by atoms with Crippen LogP contribution in [0.5, 0.6) is 11.5 Å². The molecule has 63 heavy (non-hydrogen) atoms. The maximum absolute atomic E-state index is 9.38. The Hall–Kier alpha value is -6.55. The normalized spacial score (nSPS) is 15.0. The summed E-state index contributed by atoms with van der Waals surface area (Å²) in [7, 11) is 0. The van der Waals surface area contributed by atoms with Crippen LogP contribution in [0.25, 0.3) is 38.8 Å². The lowest BCUT2D eigenvalue weighted by atomic mass is 9.80. The summed E-state index contributed by atoms with van der Waals surface area (Å²) in [5.74, 6) is 1.56. The molecule has 5 nitrogen and oxygen atoms in total. The first kappa shape index (κ1) is 34.0. The number of ether oxygens (including phenoxy) is 1. The van der Waals surface area contributed by atoms with E-state index in [0.29, 0.717) is 28.4 Å². The highest BCUT2D eigenvalue weighted by atomic mass is 16.5. The van der Waals surface area contributed by atoms with Gasteiger partial charge in [-0.05, 0) is 108 Å². The van der Waals surface area contributed by atoms with E-state index in [-0.39, 0.29) is 51.9 Å². The van der Waals surface area contributed by atoms with Crippen molar-refractivity contribution in [3.05, 3.63) is 168 Å². The second-order valence-corrected chi connectivity index (χ2v) is 20.0. The number of aromatic nitrogens is 2. The Kier molecular flexibility index (Phi) is 8.45. The molecule has 3 heterocycles. The Balaban J connectivity index is 1.20. The molecule has 1 aliphatic heterocycles. The molecule has 0 bridgehead atoms. The fraction of sp³-hybridized carbons (Fsp3) is 0.276. The van der Waals surface area contributed by atoms with E-state index < -0.39 is 12.4 Å². The van der Waals surface area contributed by atoms with Gasteiger partial charge >= 0.3 is 11.7 Å². The van der Waals surface area contributed by atoms with E-state index in [1.165, 1.54) is 11.1 Å². The number of pyridine rings is 1. The minimum atomic E-state index is -1.65. The van der Waals surface area contributed by atoms with Gasteiger partial charge in [-0.1, -0.05) is 137 Å². The summed E-state index contributed by atoms with van der Waals surface area (Å²) in [4.78, 5) is 4.87. The van der Waals surface area contributed by atoms with E-state index in [0.717, 1.165) is 50.1 Å². The highest BCUT2D eigenvalue weighted by molar-refractivity contribution is 6.10. The van der Waals surface area contributed by atoms with Gasteiger partial charge in [-0.2, -0.15) is 0 Å². The molecule has 0 atom stereocenters. The van der Waals surface area contributed by atoms with Crippen molar-refractivity contribution in [3.63, 3.8) is 0 Å². The molecular formula is C58H60N4O+2. The Morgan fingerprint density at radius 3 is 2.03 bits per heavy atom. The average Bonchev–Trinajstić information content (AvgIpc) is 3.85. The molecule has 0 spiro atoms. The van der Waals surface area contributed by atoms with Crippen molar-refractivity contribution in [2.75, 3.05) is 0 Å². The van der Waals surface area contributed by atoms with E-state index in [1.807, 2.05) is 108 Å². The molecule has 0 saturated heterocycles. The molecule has 0 saturated carbocycles. The van der Waals surface area contributed by atoms with Crippen molar-refractivity contribution >= 4 is 50.6 Å². The van der Waals surface area contributed by atoms with E-state index in [4.69, 9.17) is 16.6 Å². The van der Waals surface area contributed by atoms with Crippen molar-refractivity contribution in [2.45, 2.75) is 98.8 Å². The van der Waals surface area contributed by atoms with Gasteiger partial charge in [-0.25, -0.2) is 4.98 Å². The SMILES string of the molecule is [2H]c1c([2H])c([2H])c(-c2ccc3c(c2)c2ccc(Oc4cccc([N+]5=C=[N+](c6cc(C(C)(C)C)cc(C(C)(C)C)c6)c6c5cccc6C([2H])([2H])C(C)C)c4)cc2n3-c2cc(C(C)(C)C)ccn2)c([2H])c1[2H]. The molecule has 0 radical (unpaired) electrons. The maximum atomic E-state index is 9.38. The minimum Gasteiger partial charge on any atom is -0.457 e. The first-order valence-electron chi connectivity index (χ1n) is 25.3. The van der Waals surface area contributed by atoms with Gasteiger partial charge in [0.1, 0.15) is 17.3 Å². The number of hydrogen-bond acceptors (Lipinski definition) is 2. The third-order valence-corrected chi connectivity index (χ3v) is 11.7. The van der Waals surface area contributed by atoms with Gasteiger partial charge in [-0.15, -0.1) is 0 Å². The molecule has 6 aromatic carbocycles. The van der Waals surface area contributed by atoms with Crippen LogP contribution in [-0.4, -0.2) is 15.6 Å². The van der Waals surface area contributed by atoms with Gasteiger partial charge in [0, 0.05) is 55.6 Å². The van der Waals surface area contributed by atoms with Gasteiger partial charge in [0.15, 0.2) is 0 Å². The topological polar surface area (TPSA) is 33.1 Å². The quantitative estimate of drug-likeness (QED) is 0.143. The summed E-state index contributed by atoms with van der Waals surface area (Å²) in [6, 6.07) is 38.0. The largest absolute Gasteiger partial charge is 0.503 e. The first-order chi connectivity index (χ1) is 32.7. The fourth-order valence-electron chi connectivity index (χ4n) is 8.26. The molecule has 316 valence electrons.